The van der Waals surface area contributed by atoms with Gasteiger partial charge in [-0.15, -0.1) is 0 Å². The first kappa shape index (κ1) is 8.57. The van der Waals surface area contributed by atoms with E-state index in [-0.39, 0.29) is 0 Å². The lowest BCUT2D eigenvalue weighted by atomic mass is 10.1. The molecule has 3 heteroatoms. The second kappa shape index (κ2) is 2.74. The molecule has 0 aliphatic heterocycles. The molecule has 0 bridgehead atoms. The first-order valence-electron chi connectivity index (χ1n) is 4.19. The molecule has 0 aliphatic carbocycles. The third kappa shape index (κ3) is 1.22. The van der Waals surface area contributed by atoms with Crippen molar-refractivity contribution in [2.45, 2.75) is 13.8 Å². The zero-order chi connectivity index (χ0) is 9.59. The average molecular weight is 195 g/mol. The molecular formula is C10H11ClN2. The van der Waals surface area contributed by atoms with Crippen molar-refractivity contribution >= 4 is 22.5 Å². The highest BCUT2D eigenvalue weighted by molar-refractivity contribution is 6.32. The summed E-state index contributed by atoms with van der Waals surface area (Å²) in [6, 6.07) is 4.05. The molecule has 0 amide bonds. The summed E-state index contributed by atoms with van der Waals surface area (Å²) in [5, 5.41) is 6.28. The Kier molecular flexibility index (Phi) is 1.81. The molecule has 0 radical (unpaired) electrons. The van der Waals surface area contributed by atoms with Crippen LogP contribution in [0.15, 0.2) is 12.1 Å². The number of hydrogen-bond donors (Lipinski definition) is 0. The van der Waals surface area contributed by atoms with Gasteiger partial charge < -0.3 is 0 Å². The molecular weight excluding hydrogens is 184 g/mol. The van der Waals surface area contributed by atoms with Crippen molar-refractivity contribution in [1.82, 2.24) is 9.78 Å². The molecule has 1 heterocycles. The Bertz CT molecular complexity index is 429. The summed E-state index contributed by atoms with van der Waals surface area (Å²) >= 11 is 6.03. The van der Waals surface area contributed by atoms with Crippen LogP contribution in [0, 0.1) is 13.8 Å². The topological polar surface area (TPSA) is 17.8 Å². The molecule has 0 unspecified atom stereocenters. The standard InChI is InChI=1S/C10H11ClN2/c1-6-4-10-8(5-9(6)11)7(2)12-13(10)3/h4-5H,1-3H3. The van der Waals surface area contributed by atoms with Gasteiger partial charge in [0.25, 0.3) is 0 Å². The Morgan fingerprint density at radius 2 is 2.00 bits per heavy atom. The van der Waals surface area contributed by atoms with Crippen molar-refractivity contribution in [2.75, 3.05) is 0 Å². The second-order valence-corrected chi connectivity index (χ2v) is 3.73. The number of hydrogen-bond acceptors (Lipinski definition) is 1. The summed E-state index contributed by atoms with van der Waals surface area (Å²) in [6.45, 7) is 4.00. The van der Waals surface area contributed by atoms with Crippen LogP contribution in [0.2, 0.25) is 5.02 Å². The van der Waals surface area contributed by atoms with Crippen molar-refractivity contribution < 1.29 is 0 Å². The molecule has 0 aliphatic rings. The lowest BCUT2D eigenvalue weighted by Crippen LogP contribution is -1.89. The second-order valence-electron chi connectivity index (χ2n) is 3.33. The molecule has 1 aromatic carbocycles. The van der Waals surface area contributed by atoms with Gasteiger partial charge in [-0.05, 0) is 31.5 Å². The number of fused-ring (bicyclic) bond motifs is 1. The Balaban J connectivity index is 2.91. The highest BCUT2D eigenvalue weighted by Gasteiger charge is 2.06. The quantitative estimate of drug-likeness (QED) is 0.631. The molecule has 0 N–H and O–H groups in total. The van der Waals surface area contributed by atoms with Gasteiger partial charge in [-0.3, -0.25) is 4.68 Å². The summed E-state index contributed by atoms with van der Waals surface area (Å²) in [4.78, 5) is 0. The van der Waals surface area contributed by atoms with E-state index in [4.69, 9.17) is 11.6 Å². The normalized spacial score (nSPS) is 11.1. The Labute approximate surface area is 82.1 Å². The van der Waals surface area contributed by atoms with Crippen LogP contribution in [0.4, 0.5) is 0 Å². The van der Waals surface area contributed by atoms with Gasteiger partial charge in [0.1, 0.15) is 0 Å². The van der Waals surface area contributed by atoms with Crippen LogP contribution in [0.3, 0.4) is 0 Å². The molecule has 0 fully saturated rings. The van der Waals surface area contributed by atoms with Gasteiger partial charge in [0.2, 0.25) is 0 Å². The lowest BCUT2D eigenvalue weighted by molar-refractivity contribution is 0.783. The van der Waals surface area contributed by atoms with Gasteiger partial charge in [0, 0.05) is 17.5 Å². The van der Waals surface area contributed by atoms with Crippen LogP contribution in [0.25, 0.3) is 10.9 Å². The first-order valence-corrected chi connectivity index (χ1v) is 4.57. The van der Waals surface area contributed by atoms with E-state index in [2.05, 4.69) is 11.2 Å². The molecule has 1 aromatic heterocycles. The molecule has 2 rings (SSSR count). The van der Waals surface area contributed by atoms with E-state index >= 15 is 0 Å². The summed E-state index contributed by atoms with van der Waals surface area (Å²) < 4.78 is 1.88. The molecule has 0 saturated carbocycles. The fourth-order valence-electron chi connectivity index (χ4n) is 1.56. The minimum absolute atomic E-state index is 0.809. The lowest BCUT2D eigenvalue weighted by Gasteiger charge is -1.98. The SMILES string of the molecule is Cc1cc2c(cc1Cl)c(C)nn2C. The predicted octanol–water partition coefficient (Wildman–Crippen LogP) is 2.84. The van der Waals surface area contributed by atoms with Crippen molar-refractivity contribution in [2.24, 2.45) is 7.05 Å². The zero-order valence-electron chi connectivity index (χ0n) is 7.93. The smallest absolute Gasteiger partial charge is 0.0685 e. The van der Waals surface area contributed by atoms with Crippen molar-refractivity contribution in [1.29, 1.82) is 0 Å². The van der Waals surface area contributed by atoms with Gasteiger partial charge in [-0.1, -0.05) is 11.6 Å². The van der Waals surface area contributed by atoms with Crippen LogP contribution in [-0.2, 0) is 7.05 Å². The van der Waals surface area contributed by atoms with Gasteiger partial charge in [-0.2, -0.15) is 5.10 Å². The highest BCUT2D eigenvalue weighted by Crippen LogP contribution is 2.24. The molecule has 13 heavy (non-hydrogen) atoms. The number of benzene rings is 1. The number of halogens is 1. The summed E-state index contributed by atoms with van der Waals surface area (Å²) in [6.07, 6.45) is 0. The summed E-state index contributed by atoms with van der Waals surface area (Å²) in [7, 11) is 1.95. The van der Waals surface area contributed by atoms with Crippen LogP contribution < -0.4 is 0 Å². The maximum absolute atomic E-state index is 6.03. The number of aryl methyl sites for hydroxylation is 3. The average Bonchev–Trinajstić information content (AvgIpc) is 2.31. The molecule has 0 atom stereocenters. The van der Waals surface area contributed by atoms with E-state index in [1.165, 1.54) is 0 Å². The van der Waals surface area contributed by atoms with Crippen molar-refractivity contribution in [3.63, 3.8) is 0 Å². The van der Waals surface area contributed by atoms with Gasteiger partial charge in [0.15, 0.2) is 0 Å². The number of aromatic nitrogens is 2. The van der Waals surface area contributed by atoms with Crippen LogP contribution >= 0.6 is 11.6 Å². The summed E-state index contributed by atoms with van der Waals surface area (Å²) in [5.41, 5.74) is 3.26. The number of nitrogens with zero attached hydrogens (tertiary/aromatic N) is 2. The van der Waals surface area contributed by atoms with E-state index in [0.29, 0.717) is 0 Å². The van der Waals surface area contributed by atoms with E-state index in [1.54, 1.807) is 0 Å². The monoisotopic (exact) mass is 194 g/mol. The zero-order valence-corrected chi connectivity index (χ0v) is 8.68. The van der Waals surface area contributed by atoms with Crippen LogP contribution in [0.1, 0.15) is 11.3 Å². The Morgan fingerprint density at radius 1 is 1.31 bits per heavy atom. The minimum atomic E-state index is 0.809. The molecule has 68 valence electrons. The van der Waals surface area contributed by atoms with Crippen LogP contribution in [-0.4, -0.2) is 9.78 Å². The Hall–Kier alpha value is -1.02. The Morgan fingerprint density at radius 3 is 2.69 bits per heavy atom. The first-order chi connectivity index (χ1) is 6.09. The predicted molar refractivity (Wildman–Crippen MR) is 55.2 cm³/mol. The van der Waals surface area contributed by atoms with E-state index in [1.807, 2.05) is 31.6 Å². The van der Waals surface area contributed by atoms with Crippen molar-refractivity contribution in [3.05, 3.63) is 28.4 Å². The third-order valence-corrected chi connectivity index (χ3v) is 2.72. The van der Waals surface area contributed by atoms with Gasteiger partial charge >= 0.3 is 0 Å². The van der Waals surface area contributed by atoms with Gasteiger partial charge in [0.05, 0.1) is 11.2 Å². The van der Waals surface area contributed by atoms with E-state index in [0.717, 1.165) is 27.2 Å². The minimum Gasteiger partial charge on any atom is -0.268 e. The third-order valence-electron chi connectivity index (χ3n) is 2.32. The maximum atomic E-state index is 6.03. The fourth-order valence-corrected chi connectivity index (χ4v) is 1.72. The molecule has 0 saturated heterocycles. The van der Waals surface area contributed by atoms with E-state index < -0.39 is 0 Å². The molecule has 2 nitrogen and oxygen atoms in total. The highest BCUT2D eigenvalue weighted by atomic mass is 35.5. The van der Waals surface area contributed by atoms with Crippen LogP contribution in [0.5, 0.6) is 0 Å². The van der Waals surface area contributed by atoms with Crippen molar-refractivity contribution in [3.8, 4) is 0 Å². The fraction of sp³-hybridized carbons (Fsp3) is 0.300. The molecule has 0 spiro atoms. The van der Waals surface area contributed by atoms with E-state index in [9.17, 15) is 0 Å². The number of rotatable bonds is 0. The summed E-state index contributed by atoms with van der Waals surface area (Å²) in [5.74, 6) is 0. The molecule has 2 aromatic rings. The maximum Gasteiger partial charge on any atom is 0.0685 e. The van der Waals surface area contributed by atoms with Gasteiger partial charge in [-0.25, -0.2) is 0 Å². The largest absolute Gasteiger partial charge is 0.268 e.